The molecule has 0 N–H and O–H groups in total. The van der Waals surface area contributed by atoms with Crippen molar-refractivity contribution in [3.8, 4) is 17.4 Å². The van der Waals surface area contributed by atoms with Crippen molar-refractivity contribution in [2.24, 2.45) is 0 Å². The molecule has 2 heterocycles. The number of hydrogen-bond donors (Lipinski definition) is 0. The highest BCUT2D eigenvalue weighted by atomic mass is 16.6. The number of furan rings is 1. The Morgan fingerprint density at radius 2 is 1.79 bits per heavy atom. The fraction of sp³-hybridized carbons (Fsp3) is 0.389. The van der Waals surface area contributed by atoms with Gasteiger partial charge in [-0.25, -0.2) is 0 Å². The molecule has 1 saturated heterocycles. The molecule has 128 valence electrons. The summed E-state index contributed by atoms with van der Waals surface area (Å²) in [5.41, 5.74) is 0. The molecular weight excluding hydrogens is 308 g/mol. The number of hydrogen-bond acceptors (Lipinski definition) is 5. The Balaban J connectivity index is 1.66. The first-order valence-electron chi connectivity index (χ1n) is 8.13. The minimum atomic E-state index is -0.0966. The number of carbonyl (C=O) groups is 1. The Morgan fingerprint density at radius 1 is 1.08 bits per heavy atom. The van der Waals surface area contributed by atoms with Gasteiger partial charge in [-0.3, -0.25) is 4.79 Å². The summed E-state index contributed by atoms with van der Waals surface area (Å²) in [5.74, 6) is 1.63. The van der Waals surface area contributed by atoms with Gasteiger partial charge in [0.25, 0.3) is 11.9 Å². The van der Waals surface area contributed by atoms with Gasteiger partial charge in [0.05, 0.1) is 7.11 Å². The van der Waals surface area contributed by atoms with E-state index in [2.05, 4.69) is 11.8 Å². The van der Waals surface area contributed by atoms with Gasteiger partial charge in [-0.2, -0.15) is 0 Å². The molecule has 6 heteroatoms. The molecule has 1 fully saturated rings. The molecule has 1 aliphatic rings. The topological polar surface area (TPSA) is 55.2 Å². The second kappa shape index (κ2) is 7.40. The average molecular weight is 330 g/mol. The molecule has 0 bridgehead atoms. The van der Waals surface area contributed by atoms with Gasteiger partial charge >= 0.3 is 0 Å². The van der Waals surface area contributed by atoms with Crippen LogP contribution in [0.5, 0.6) is 17.4 Å². The van der Waals surface area contributed by atoms with Crippen LogP contribution in [0.2, 0.25) is 0 Å². The lowest BCUT2D eigenvalue weighted by Crippen LogP contribution is -2.48. The van der Waals surface area contributed by atoms with E-state index in [0.717, 1.165) is 32.7 Å². The Hall–Kier alpha value is -2.47. The number of rotatable bonds is 5. The molecule has 1 amide bonds. The summed E-state index contributed by atoms with van der Waals surface area (Å²) in [6.07, 6.45) is 0. The van der Waals surface area contributed by atoms with E-state index in [1.165, 1.54) is 0 Å². The third kappa shape index (κ3) is 3.54. The first-order valence-corrected chi connectivity index (χ1v) is 8.13. The molecule has 1 aliphatic heterocycles. The molecule has 6 nitrogen and oxygen atoms in total. The van der Waals surface area contributed by atoms with Crippen LogP contribution in [0, 0.1) is 0 Å². The number of likely N-dealkylation sites (N-methyl/N-ethyl adjacent to an activating group) is 1. The average Bonchev–Trinajstić information content (AvgIpc) is 3.10. The van der Waals surface area contributed by atoms with E-state index in [0.29, 0.717) is 17.3 Å². The maximum absolute atomic E-state index is 12.5. The molecule has 24 heavy (non-hydrogen) atoms. The minimum absolute atomic E-state index is 0.0966. The summed E-state index contributed by atoms with van der Waals surface area (Å²) < 4.78 is 16.5. The van der Waals surface area contributed by atoms with Crippen molar-refractivity contribution in [3.05, 3.63) is 42.2 Å². The number of methoxy groups -OCH3 is 1. The van der Waals surface area contributed by atoms with Crippen LogP contribution < -0.4 is 9.47 Å². The van der Waals surface area contributed by atoms with Crippen molar-refractivity contribution in [2.45, 2.75) is 6.92 Å². The van der Waals surface area contributed by atoms with Crippen molar-refractivity contribution in [1.29, 1.82) is 0 Å². The monoisotopic (exact) mass is 330 g/mol. The van der Waals surface area contributed by atoms with Crippen molar-refractivity contribution in [1.82, 2.24) is 9.80 Å². The lowest BCUT2D eigenvalue weighted by Gasteiger charge is -2.33. The summed E-state index contributed by atoms with van der Waals surface area (Å²) >= 11 is 0. The number of amides is 1. The quantitative estimate of drug-likeness (QED) is 0.844. The number of carbonyl (C=O) groups excluding carboxylic acids is 1. The van der Waals surface area contributed by atoms with Crippen molar-refractivity contribution in [3.63, 3.8) is 0 Å². The van der Waals surface area contributed by atoms with Crippen LogP contribution in [0.25, 0.3) is 0 Å². The predicted molar refractivity (Wildman–Crippen MR) is 89.8 cm³/mol. The lowest BCUT2D eigenvalue weighted by molar-refractivity contribution is 0.0607. The molecule has 1 aromatic heterocycles. The predicted octanol–water partition coefficient (Wildman–Crippen LogP) is 2.86. The highest BCUT2D eigenvalue weighted by Gasteiger charge is 2.24. The second-order valence-electron chi connectivity index (χ2n) is 5.60. The number of para-hydroxylation sites is 2. The number of ether oxygens (including phenoxy) is 2. The maximum Gasteiger partial charge on any atom is 0.290 e. The Bertz CT molecular complexity index is 690. The van der Waals surface area contributed by atoms with Crippen LogP contribution in [0.3, 0.4) is 0 Å². The van der Waals surface area contributed by atoms with Crippen LogP contribution in [-0.4, -0.2) is 55.5 Å². The summed E-state index contributed by atoms with van der Waals surface area (Å²) in [6.45, 7) is 6.37. The molecule has 0 atom stereocenters. The van der Waals surface area contributed by atoms with Crippen LogP contribution in [0.1, 0.15) is 17.5 Å². The Labute approximate surface area is 141 Å². The van der Waals surface area contributed by atoms with Gasteiger partial charge in [0.1, 0.15) is 0 Å². The van der Waals surface area contributed by atoms with E-state index in [4.69, 9.17) is 13.9 Å². The van der Waals surface area contributed by atoms with E-state index in [-0.39, 0.29) is 11.9 Å². The van der Waals surface area contributed by atoms with Crippen molar-refractivity contribution >= 4 is 5.91 Å². The SMILES string of the molecule is CCN1CCN(C(=O)c2ccc(Oc3ccccc3OC)o2)CC1. The van der Waals surface area contributed by atoms with Gasteiger partial charge < -0.3 is 23.7 Å². The summed E-state index contributed by atoms with van der Waals surface area (Å²) in [6, 6.07) is 10.6. The van der Waals surface area contributed by atoms with Crippen LogP contribution in [0.15, 0.2) is 40.8 Å². The first kappa shape index (κ1) is 16.4. The summed E-state index contributed by atoms with van der Waals surface area (Å²) in [7, 11) is 1.58. The minimum Gasteiger partial charge on any atom is -0.493 e. The van der Waals surface area contributed by atoms with Crippen LogP contribution in [-0.2, 0) is 0 Å². The fourth-order valence-electron chi connectivity index (χ4n) is 2.72. The zero-order valence-corrected chi connectivity index (χ0v) is 14.0. The Kier molecular flexibility index (Phi) is 5.05. The van der Waals surface area contributed by atoms with Gasteiger partial charge in [-0.05, 0) is 24.7 Å². The largest absolute Gasteiger partial charge is 0.493 e. The highest BCUT2D eigenvalue weighted by molar-refractivity contribution is 5.91. The van der Waals surface area contributed by atoms with Gasteiger partial charge in [0, 0.05) is 32.2 Å². The highest BCUT2D eigenvalue weighted by Crippen LogP contribution is 2.32. The number of benzene rings is 1. The molecule has 0 aliphatic carbocycles. The van der Waals surface area contributed by atoms with Gasteiger partial charge in [-0.15, -0.1) is 0 Å². The first-order chi connectivity index (χ1) is 11.7. The molecule has 0 unspecified atom stereocenters. The summed E-state index contributed by atoms with van der Waals surface area (Å²) in [5, 5.41) is 0. The third-order valence-corrected chi connectivity index (χ3v) is 4.18. The smallest absolute Gasteiger partial charge is 0.290 e. The van der Waals surface area contributed by atoms with Crippen LogP contribution in [0.4, 0.5) is 0 Å². The fourth-order valence-corrected chi connectivity index (χ4v) is 2.72. The van der Waals surface area contributed by atoms with E-state index in [1.54, 1.807) is 31.4 Å². The molecular formula is C18H22N2O4. The molecule has 0 saturated carbocycles. The van der Waals surface area contributed by atoms with Gasteiger partial charge in [-0.1, -0.05) is 19.1 Å². The third-order valence-electron chi connectivity index (χ3n) is 4.18. The van der Waals surface area contributed by atoms with E-state index in [1.807, 2.05) is 17.0 Å². The van der Waals surface area contributed by atoms with E-state index < -0.39 is 0 Å². The zero-order chi connectivity index (χ0) is 16.9. The van der Waals surface area contributed by atoms with Gasteiger partial charge in [0.15, 0.2) is 17.3 Å². The van der Waals surface area contributed by atoms with Crippen molar-refractivity contribution in [2.75, 3.05) is 39.8 Å². The molecule has 1 aromatic carbocycles. The molecule has 2 aromatic rings. The molecule has 0 spiro atoms. The maximum atomic E-state index is 12.5. The van der Waals surface area contributed by atoms with E-state index >= 15 is 0 Å². The normalized spacial score (nSPS) is 15.3. The molecule has 3 rings (SSSR count). The number of nitrogens with zero attached hydrogens (tertiary/aromatic N) is 2. The lowest BCUT2D eigenvalue weighted by atomic mass is 10.3. The van der Waals surface area contributed by atoms with Crippen molar-refractivity contribution < 1.29 is 18.7 Å². The van der Waals surface area contributed by atoms with Crippen LogP contribution >= 0.6 is 0 Å². The Morgan fingerprint density at radius 3 is 2.46 bits per heavy atom. The van der Waals surface area contributed by atoms with Gasteiger partial charge in [0.2, 0.25) is 0 Å². The summed E-state index contributed by atoms with van der Waals surface area (Å²) in [4.78, 5) is 16.7. The number of piperazine rings is 1. The molecule has 0 radical (unpaired) electrons. The van der Waals surface area contributed by atoms with E-state index in [9.17, 15) is 4.79 Å². The second-order valence-corrected chi connectivity index (χ2v) is 5.60. The standard InChI is InChI=1S/C18H22N2O4/c1-3-19-10-12-20(13-11-19)18(21)16-8-9-17(24-16)23-15-7-5-4-6-14(15)22-2/h4-9H,3,10-13H2,1-2H3. The zero-order valence-electron chi connectivity index (χ0n) is 14.0.